The Morgan fingerprint density at radius 3 is 2.56 bits per heavy atom. The van der Waals surface area contributed by atoms with E-state index in [9.17, 15) is 19.8 Å². The fraction of sp³-hybridized carbons (Fsp3) is 0.714. The number of esters is 1. The molecule has 2 N–H and O–H groups in total. The van der Waals surface area contributed by atoms with E-state index in [2.05, 4.69) is 6.92 Å². The molecule has 1 saturated heterocycles. The molecule has 2 aliphatic heterocycles. The van der Waals surface area contributed by atoms with Crippen LogP contribution in [0.4, 0.5) is 0 Å². The Kier molecular flexibility index (Phi) is 4.77. The summed E-state index contributed by atoms with van der Waals surface area (Å²) in [6.07, 6.45) is 8.03. The van der Waals surface area contributed by atoms with Crippen molar-refractivity contribution in [3.05, 3.63) is 34.9 Å². The van der Waals surface area contributed by atoms with Crippen molar-refractivity contribution in [2.75, 3.05) is 0 Å². The third-order valence-electron chi connectivity index (χ3n) is 11.0. The summed E-state index contributed by atoms with van der Waals surface area (Å²) in [6, 6.07) is 0. The van der Waals surface area contributed by atoms with Gasteiger partial charge in [-0.15, -0.1) is 0 Å². The van der Waals surface area contributed by atoms with Gasteiger partial charge in [0.1, 0.15) is 17.5 Å². The highest BCUT2D eigenvalue weighted by molar-refractivity contribution is 5.92. The molecule has 1 unspecified atom stereocenters. The van der Waals surface area contributed by atoms with E-state index in [0.717, 1.165) is 36.8 Å². The van der Waals surface area contributed by atoms with E-state index in [1.165, 1.54) is 0 Å². The highest BCUT2D eigenvalue weighted by Gasteiger charge is 2.73. The molecule has 2 saturated carbocycles. The van der Waals surface area contributed by atoms with Crippen molar-refractivity contribution in [3.8, 4) is 0 Å². The molecule has 34 heavy (non-hydrogen) atoms. The van der Waals surface area contributed by atoms with Crippen molar-refractivity contribution in [2.45, 2.75) is 90.3 Å². The van der Waals surface area contributed by atoms with Crippen LogP contribution in [0.3, 0.4) is 0 Å². The third kappa shape index (κ3) is 2.57. The van der Waals surface area contributed by atoms with Gasteiger partial charge < -0.3 is 19.7 Å². The number of Topliss-reactive ketones (excluding diaryl/α,β-unsaturated/α-hetero) is 1. The molecular weight excluding hydrogens is 432 g/mol. The summed E-state index contributed by atoms with van der Waals surface area (Å²) in [6.45, 7) is 7.82. The van der Waals surface area contributed by atoms with Crippen LogP contribution in [-0.2, 0) is 19.1 Å². The lowest BCUT2D eigenvalue weighted by Gasteiger charge is -2.57. The maximum Gasteiger partial charge on any atom is 0.334 e. The normalized spacial score (nSPS) is 51.9. The molecule has 184 valence electrons. The van der Waals surface area contributed by atoms with Gasteiger partial charge in [-0.2, -0.15) is 0 Å². The maximum absolute atomic E-state index is 13.2. The Bertz CT molecular complexity index is 1060. The van der Waals surface area contributed by atoms with Crippen LogP contribution in [0.2, 0.25) is 0 Å². The second-order valence-corrected chi connectivity index (χ2v) is 12.1. The van der Waals surface area contributed by atoms with Gasteiger partial charge in [0.05, 0.1) is 11.5 Å². The minimum absolute atomic E-state index is 0.0253. The first-order chi connectivity index (χ1) is 16.0. The van der Waals surface area contributed by atoms with Gasteiger partial charge in [0, 0.05) is 29.7 Å². The van der Waals surface area contributed by atoms with Crippen molar-refractivity contribution in [1.29, 1.82) is 0 Å². The van der Waals surface area contributed by atoms with Gasteiger partial charge in [-0.1, -0.05) is 23.8 Å². The van der Waals surface area contributed by atoms with E-state index in [1.54, 1.807) is 6.92 Å². The Morgan fingerprint density at radius 2 is 1.82 bits per heavy atom. The Labute approximate surface area is 201 Å². The highest BCUT2D eigenvalue weighted by Crippen LogP contribution is 2.71. The molecular formula is C28H36O6. The molecule has 0 aromatic heterocycles. The van der Waals surface area contributed by atoms with E-state index < -0.39 is 34.9 Å². The summed E-state index contributed by atoms with van der Waals surface area (Å²) >= 11 is 0. The van der Waals surface area contributed by atoms with Crippen molar-refractivity contribution in [2.24, 2.45) is 34.5 Å². The number of carbonyl (C=O) groups is 2. The second-order valence-electron chi connectivity index (χ2n) is 12.1. The highest BCUT2D eigenvalue weighted by atomic mass is 16.6. The van der Waals surface area contributed by atoms with E-state index in [4.69, 9.17) is 9.47 Å². The average molecular weight is 469 g/mol. The van der Waals surface area contributed by atoms with Gasteiger partial charge in [0.2, 0.25) is 0 Å². The quantitative estimate of drug-likeness (QED) is 0.571. The van der Waals surface area contributed by atoms with E-state index in [0.29, 0.717) is 18.4 Å². The summed E-state index contributed by atoms with van der Waals surface area (Å²) in [7, 11) is 0. The number of aliphatic hydroxyl groups excluding tert-OH is 2. The molecule has 1 spiro atoms. The Hall–Kier alpha value is -1.76. The van der Waals surface area contributed by atoms with Crippen molar-refractivity contribution >= 4 is 11.8 Å². The monoisotopic (exact) mass is 468 g/mol. The molecule has 0 bridgehead atoms. The predicted octanol–water partition coefficient (Wildman–Crippen LogP) is 3.62. The predicted molar refractivity (Wildman–Crippen MR) is 124 cm³/mol. The lowest BCUT2D eigenvalue weighted by atomic mass is 9.46. The minimum Gasteiger partial charge on any atom is -0.456 e. The van der Waals surface area contributed by atoms with Crippen LogP contribution in [0.15, 0.2) is 34.9 Å². The first-order valence-corrected chi connectivity index (χ1v) is 12.9. The number of ketones is 1. The number of rotatable bonds is 1. The van der Waals surface area contributed by atoms with Crippen LogP contribution in [-0.4, -0.2) is 46.1 Å². The van der Waals surface area contributed by atoms with Gasteiger partial charge in [-0.3, -0.25) is 4.79 Å². The molecule has 0 aromatic carbocycles. The smallest absolute Gasteiger partial charge is 0.334 e. The number of aliphatic hydroxyl groups is 2. The minimum atomic E-state index is -0.978. The first-order valence-electron chi connectivity index (χ1n) is 12.9. The Morgan fingerprint density at radius 1 is 1.06 bits per heavy atom. The molecule has 6 rings (SSSR count). The third-order valence-corrected chi connectivity index (χ3v) is 11.0. The molecule has 6 nitrogen and oxygen atoms in total. The lowest BCUT2D eigenvalue weighted by molar-refractivity contribution is -0.218. The summed E-state index contributed by atoms with van der Waals surface area (Å²) in [5.74, 6) is -0.0423. The van der Waals surface area contributed by atoms with Crippen molar-refractivity contribution < 1.29 is 29.3 Å². The van der Waals surface area contributed by atoms with Crippen LogP contribution < -0.4 is 0 Å². The number of hydrogen-bond donors (Lipinski definition) is 2. The van der Waals surface area contributed by atoms with Gasteiger partial charge in [-0.05, 0) is 76.7 Å². The molecule has 0 aromatic rings. The number of ether oxygens (including phenoxy) is 2. The van der Waals surface area contributed by atoms with Crippen molar-refractivity contribution in [3.63, 3.8) is 0 Å². The maximum atomic E-state index is 13.2. The van der Waals surface area contributed by atoms with Crippen LogP contribution in [0.1, 0.15) is 66.2 Å². The van der Waals surface area contributed by atoms with Crippen LogP contribution in [0.25, 0.3) is 0 Å². The number of cyclic esters (lactones) is 1. The number of carbonyl (C=O) groups excluding carboxylic acids is 2. The van der Waals surface area contributed by atoms with Crippen molar-refractivity contribution in [1.82, 2.24) is 0 Å². The molecule has 0 radical (unpaired) electrons. The van der Waals surface area contributed by atoms with Gasteiger partial charge in [-0.25, -0.2) is 4.79 Å². The molecule has 6 heteroatoms. The SMILES string of the molecule is CC1=C(C)C(=O)O[C@@H]([C@]2(C)OC(O)[C@]34CC[C@H]5[C@@H]([C@H](O)C=C6C=CCC(=O)[C@@]65C)[C@@H]3CC[C@H]24)C1. The number of fused-ring (bicyclic) bond motifs is 4. The van der Waals surface area contributed by atoms with Crippen LogP contribution in [0, 0.1) is 34.5 Å². The zero-order valence-corrected chi connectivity index (χ0v) is 20.5. The molecule has 2 heterocycles. The van der Waals surface area contributed by atoms with E-state index in [-0.39, 0.29) is 35.4 Å². The summed E-state index contributed by atoms with van der Waals surface area (Å²) in [5, 5.41) is 22.9. The Balaban J connectivity index is 1.38. The topological polar surface area (TPSA) is 93.1 Å². The molecule has 4 aliphatic carbocycles. The van der Waals surface area contributed by atoms with E-state index >= 15 is 0 Å². The second kappa shape index (κ2) is 7.14. The fourth-order valence-electron chi connectivity index (χ4n) is 9.08. The lowest BCUT2D eigenvalue weighted by Crippen LogP contribution is -2.58. The molecule has 10 atom stereocenters. The summed E-state index contributed by atoms with van der Waals surface area (Å²) in [4.78, 5) is 25.7. The van der Waals surface area contributed by atoms with Gasteiger partial charge >= 0.3 is 5.97 Å². The molecule has 6 aliphatic rings. The van der Waals surface area contributed by atoms with Crippen LogP contribution >= 0.6 is 0 Å². The van der Waals surface area contributed by atoms with E-state index in [1.807, 2.05) is 32.1 Å². The average Bonchev–Trinajstić information content (AvgIpc) is 3.29. The largest absolute Gasteiger partial charge is 0.456 e. The number of allylic oxidation sites excluding steroid dienone is 3. The summed E-state index contributed by atoms with van der Waals surface area (Å²) < 4.78 is 12.3. The summed E-state index contributed by atoms with van der Waals surface area (Å²) in [5.41, 5.74) is 0.754. The van der Waals surface area contributed by atoms with Crippen LogP contribution in [0.5, 0.6) is 0 Å². The van der Waals surface area contributed by atoms with Gasteiger partial charge in [0.25, 0.3) is 0 Å². The first kappa shape index (κ1) is 22.7. The zero-order chi connectivity index (χ0) is 24.2. The van der Waals surface area contributed by atoms with Gasteiger partial charge in [0.15, 0.2) is 6.29 Å². The molecule has 3 fully saturated rings. The standard InChI is InChI=1S/C28H36O6/c1-14-12-22(33-24(31)15(14)2)27(4)20-9-8-18-23-17(10-11-28(18,20)25(32)34-27)26(3)16(13-19(23)29)6-5-7-21(26)30/h5-6,13,17-20,22-23,25,29,32H,7-12H2,1-4H3/t17-,18-,19+,20+,22+,23+,25?,26-,27+,28+/m0/s1. The fourth-order valence-corrected chi connectivity index (χ4v) is 9.08. The zero-order valence-electron chi connectivity index (χ0n) is 20.5. The molecule has 0 amide bonds. The number of hydrogen-bond acceptors (Lipinski definition) is 6.